The van der Waals surface area contributed by atoms with Gasteiger partial charge >= 0.3 is 5.97 Å². The summed E-state index contributed by atoms with van der Waals surface area (Å²) in [5, 5.41) is 11.5. The molecule has 1 unspecified atom stereocenters. The lowest BCUT2D eigenvalue weighted by molar-refractivity contribution is -0.178. The second kappa shape index (κ2) is 8.92. The van der Waals surface area contributed by atoms with Gasteiger partial charge in [0.05, 0.1) is 12.8 Å². The smallest absolute Gasteiger partial charge is 0.343 e. The van der Waals surface area contributed by atoms with Crippen LogP contribution in [0.4, 0.5) is 0 Å². The molecule has 1 aliphatic carbocycles. The predicted octanol–water partition coefficient (Wildman–Crippen LogP) is 2.79. The second-order valence-electron chi connectivity index (χ2n) is 8.13. The average Bonchev–Trinajstić information content (AvgIpc) is 3.55. The number of guanidine groups is 1. The molecule has 0 bridgehead atoms. The highest BCUT2D eigenvalue weighted by Gasteiger charge is 2.48. The molecule has 2 heterocycles. The van der Waals surface area contributed by atoms with E-state index >= 15 is 0 Å². The van der Waals surface area contributed by atoms with E-state index in [1.54, 1.807) is 18.4 Å². The van der Waals surface area contributed by atoms with Crippen LogP contribution in [0.2, 0.25) is 0 Å². The van der Waals surface area contributed by atoms with E-state index in [1.165, 1.54) is 0 Å². The van der Waals surface area contributed by atoms with Crippen LogP contribution in [0, 0.1) is 5.92 Å². The maximum absolute atomic E-state index is 13.2. The lowest BCUT2D eigenvalue weighted by Gasteiger charge is -2.33. The first kappa shape index (κ1) is 20.5. The van der Waals surface area contributed by atoms with Gasteiger partial charge in [0, 0.05) is 18.9 Å². The third kappa shape index (κ3) is 4.21. The number of benzene rings is 1. The van der Waals surface area contributed by atoms with Gasteiger partial charge in [0.2, 0.25) is 0 Å². The lowest BCUT2D eigenvalue weighted by atomic mass is 9.80. The van der Waals surface area contributed by atoms with Gasteiger partial charge in [-0.2, -0.15) is 0 Å². The third-order valence-corrected chi connectivity index (χ3v) is 6.19. The van der Waals surface area contributed by atoms with E-state index in [2.05, 4.69) is 4.99 Å². The molecule has 0 amide bonds. The number of furan rings is 1. The number of rotatable bonds is 6. The van der Waals surface area contributed by atoms with Crippen molar-refractivity contribution < 1.29 is 19.1 Å². The predicted molar refractivity (Wildman–Crippen MR) is 112 cm³/mol. The van der Waals surface area contributed by atoms with Crippen LogP contribution in [-0.4, -0.2) is 41.1 Å². The molecular formula is C23H29N3O4. The number of aliphatic hydroxyl groups is 1. The van der Waals surface area contributed by atoms with E-state index in [0.29, 0.717) is 37.6 Å². The zero-order valence-electron chi connectivity index (χ0n) is 17.1. The zero-order valence-corrected chi connectivity index (χ0v) is 17.1. The van der Waals surface area contributed by atoms with Crippen molar-refractivity contribution in [3.8, 4) is 0 Å². The molecule has 2 aliphatic rings. The summed E-state index contributed by atoms with van der Waals surface area (Å²) in [5.41, 5.74) is 5.11. The fourth-order valence-corrected chi connectivity index (χ4v) is 4.49. The van der Waals surface area contributed by atoms with E-state index in [-0.39, 0.29) is 12.0 Å². The number of nitrogens with two attached hydrogens (primary N) is 1. The minimum Gasteiger partial charge on any atom is -0.467 e. The third-order valence-electron chi connectivity index (χ3n) is 6.19. The van der Waals surface area contributed by atoms with Gasteiger partial charge in [0.25, 0.3) is 0 Å². The van der Waals surface area contributed by atoms with Crippen LogP contribution in [0.3, 0.4) is 0 Å². The molecule has 4 rings (SSSR count). The molecule has 1 aromatic carbocycles. The highest BCUT2D eigenvalue weighted by atomic mass is 16.6. The number of hydrogen-bond acceptors (Lipinski definition) is 5. The number of nitrogens with zero attached hydrogens (tertiary/aromatic N) is 2. The van der Waals surface area contributed by atoms with Crippen molar-refractivity contribution in [2.75, 3.05) is 13.1 Å². The molecule has 1 aromatic heterocycles. The number of hydrogen-bond donors (Lipinski definition) is 2. The fourth-order valence-electron chi connectivity index (χ4n) is 4.49. The van der Waals surface area contributed by atoms with Crippen LogP contribution in [0.25, 0.3) is 0 Å². The van der Waals surface area contributed by atoms with Crippen molar-refractivity contribution in [1.29, 1.82) is 0 Å². The minimum atomic E-state index is -1.61. The molecule has 1 saturated heterocycles. The molecule has 0 spiro atoms. The Labute approximate surface area is 176 Å². The highest BCUT2D eigenvalue weighted by molar-refractivity contribution is 5.82. The van der Waals surface area contributed by atoms with Gasteiger partial charge in [-0.1, -0.05) is 43.2 Å². The van der Waals surface area contributed by atoms with Crippen LogP contribution < -0.4 is 5.73 Å². The van der Waals surface area contributed by atoms with Crippen molar-refractivity contribution in [1.82, 2.24) is 4.90 Å². The summed E-state index contributed by atoms with van der Waals surface area (Å²) in [4.78, 5) is 19.5. The zero-order chi connectivity index (χ0) is 21.0. The number of esters is 1. The Hall–Kier alpha value is -2.80. The van der Waals surface area contributed by atoms with Crippen LogP contribution in [0.1, 0.15) is 43.4 Å². The van der Waals surface area contributed by atoms with Crippen molar-refractivity contribution in [2.45, 2.75) is 50.4 Å². The Morgan fingerprint density at radius 3 is 2.67 bits per heavy atom. The summed E-state index contributed by atoms with van der Waals surface area (Å²) in [6.45, 7) is 1.49. The minimum absolute atomic E-state index is 0.121. The van der Waals surface area contributed by atoms with Gasteiger partial charge in [-0.05, 0) is 30.5 Å². The number of likely N-dealkylation sites (tertiary alicyclic amines) is 1. The topological polar surface area (TPSA) is 101 Å². The van der Waals surface area contributed by atoms with Crippen molar-refractivity contribution in [3.05, 3.63) is 60.1 Å². The Kier molecular flexibility index (Phi) is 6.08. The number of carbonyl (C=O) groups is 1. The molecule has 2 aromatic rings. The fraction of sp³-hybridized carbons (Fsp3) is 0.478. The molecule has 160 valence electrons. The van der Waals surface area contributed by atoms with Gasteiger partial charge in [-0.25, -0.2) is 9.79 Å². The first-order valence-electron chi connectivity index (χ1n) is 10.6. The molecule has 7 nitrogen and oxygen atoms in total. The molecule has 0 radical (unpaired) electrons. The summed E-state index contributed by atoms with van der Waals surface area (Å²) >= 11 is 0. The lowest BCUT2D eigenvalue weighted by Crippen LogP contribution is -2.45. The summed E-state index contributed by atoms with van der Waals surface area (Å²) in [5.74, 6) is 0.465. The van der Waals surface area contributed by atoms with E-state index in [0.717, 1.165) is 31.4 Å². The molecule has 1 aliphatic heterocycles. The van der Waals surface area contributed by atoms with Gasteiger partial charge < -0.3 is 24.9 Å². The normalized spacial score (nSPS) is 22.2. The molecular weight excluding hydrogens is 382 g/mol. The Morgan fingerprint density at radius 1 is 1.20 bits per heavy atom. The standard InChI is InChI=1S/C23H29N3O4/c24-22(25-15-19-11-6-14-29-19)26-13-12-20(16-26)30-21(27)23(28,18-9-4-5-10-18)17-7-2-1-3-8-17/h1-3,6-8,11,14,18,20,28H,4-5,9-10,12-13,15-16H2,(H2,24,25)/t20?,23-/m0/s1. The average molecular weight is 412 g/mol. The van der Waals surface area contributed by atoms with E-state index in [9.17, 15) is 9.90 Å². The quantitative estimate of drug-likeness (QED) is 0.431. The van der Waals surface area contributed by atoms with Crippen LogP contribution in [-0.2, 0) is 21.7 Å². The molecule has 3 N–H and O–H groups in total. The van der Waals surface area contributed by atoms with E-state index in [4.69, 9.17) is 14.9 Å². The van der Waals surface area contributed by atoms with E-state index in [1.807, 2.05) is 35.2 Å². The summed E-state index contributed by atoms with van der Waals surface area (Å²) in [6.07, 6.45) is 5.61. The Balaban J connectivity index is 1.41. The molecule has 2 fully saturated rings. The monoisotopic (exact) mass is 411 g/mol. The summed E-state index contributed by atoms with van der Waals surface area (Å²) < 4.78 is 11.1. The van der Waals surface area contributed by atoms with Crippen molar-refractivity contribution in [3.63, 3.8) is 0 Å². The van der Waals surface area contributed by atoms with Crippen LogP contribution in [0.15, 0.2) is 58.1 Å². The molecule has 1 saturated carbocycles. The Morgan fingerprint density at radius 2 is 1.97 bits per heavy atom. The first-order chi connectivity index (χ1) is 14.6. The first-order valence-corrected chi connectivity index (χ1v) is 10.6. The van der Waals surface area contributed by atoms with Gasteiger partial charge in [0.1, 0.15) is 18.4 Å². The number of ether oxygens (including phenoxy) is 1. The largest absolute Gasteiger partial charge is 0.467 e. The summed E-state index contributed by atoms with van der Waals surface area (Å²) in [6, 6.07) is 12.8. The second-order valence-corrected chi connectivity index (χ2v) is 8.13. The molecule has 7 heteroatoms. The van der Waals surface area contributed by atoms with E-state index < -0.39 is 11.6 Å². The van der Waals surface area contributed by atoms with Crippen molar-refractivity contribution >= 4 is 11.9 Å². The Bertz CT molecular complexity index is 862. The highest BCUT2D eigenvalue weighted by Crippen LogP contribution is 2.41. The SMILES string of the molecule is NC(=NCc1ccco1)N1CCC(OC(=O)[C@](O)(c2ccccc2)C2CCCC2)C1. The number of carbonyl (C=O) groups excluding carboxylic acids is 1. The maximum Gasteiger partial charge on any atom is 0.343 e. The van der Waals surface area contributed by atoms with Crippen molar-refractivity contribution in [2.24, 2.45) is 16.6 Å². The van der Waals surface area contributed by atoms with Gasteiger partial charge in [0.15, 0.2) is 11.6 Å². The maximum atomic E-state index is 13.2. The van der Waals surface area contributed by atoms with Crippen LogP contribution >= 0.6 is 0 Å². The molecule has 2 atom stereocenters. The molecule has 30 heavy (non-hydrogen) atoms. The van der Waals surface area contributed by atoms with Gasteiger partial charge in [-0.15, -0.1) is 0 Å². The number of aliphatic imine (C=N–C) groups is 1. The summed E-state index contributed by atoms with van der Waals surface area (Å²) in [7, 11) is 0. The van der Waals surface area contributed by atoms with Crippen LogP contribution in [0.5, 0.6) is 0 Å². The van der Waals surface area contributed by atoms with Gasteiger partial charge in [-0.3, -0.25) is 0 Å².